The molecule has 2 aromatic rings. The van der Waals surface area contributed by atoms with Crippen LogP contribution in [0.4, 0.5) is 4.39 Å². The summed E-state index contributed by atoms with van der Waals surface area (Å²) in [5, 5.41) is 2.76. The van der Waals surface area contributed by atoms with Crippen molar-refractivity contribution in [3.63, 3.8) is 0 Å². The van der Waals surface area contributed by atoms with Crippen LogP contribution in [0.15, 0.2) is 42.5 Å². The predicted molar refractivity (Wildman–Crippen MR) is 70.0 cm³/mol. The van der Waals surface area contributed by atoms with E-state index in [-0.39, 0.29) is 11.7 Å². The lowest BCUT2D eigenvalue weighted by Gasteiger charge is -1.96. The molecule has 0 spiro atoms. The zero-order valence-electron chi connectivity index (χ0n) is 10.0. The Hall–Kier alpha value is -2.60. The molecule has 0 radical (unpaired) electrons. The minimum absolute atomic E-state index is 0.0342. The quantitative estimate of drug-likeness (QED) is 0.716. The van der Waals surface area contributed by atoms with Crippen molar-refractivity contribution in [3.05, 3.63) is 70.5 Å². The molecule has 19 heavy (non-hydrogen) atoms. The molecule has 0 bridgehead atoms. The average molecular weight is 251 g/mol. The summed E-state index contributed by atoms with van der Waals surface area (Å²) in [4.78, 5) is 11.4. The van der Waals surface area contributed by atoms with E-state index < -0.39 is 0 Å². The fraction of sp³-hybridized carbons (Fsp3) is 0.0625. The predicted octanol–water partition coefficient (Wildman–Crippen LogP) is 2.47. The van der Waals surface area contributed by atoms with Gasteiger partial charge in [0.1, 0.15) is 5.82 Å². The van der Waals surface area contributed by atoms with Crippen LogP contribution in [0.1, 0.15) is 27.0 Å². The van der Waals surface area contributed by atoms with Gasteiger partial charge < -0.3 is 5.32 Å². The summed E-state index contributed by atoms with van der Waals surface area (Å²) in [6, 6.07) is 11.6. The van der Waals surface area contributed by atoms with E-state index in [1.54, 1.807) is 18.2 Å². The number of halogens is 1. The second-order valence-electron chi connectivity index (χ2n) is 4.31. The van der Waals surface area contributed by atoms with Crippen LogP contribution in [0.3, 0.4) is 0 Å². The molecule has 0 fully saturated rings. The number of carbonyl (C=O) groups excluding carboxylic acids is 1. The maximum absolute atomic E-state index is 12.7. The summed E-state index contributed by atoms with van der Waals surface area (Å²) in [5.74, 6) is 5.68. The minimum atomic E-state index is -0.271. The van der Waals surface area contributed by atoms with Crippen LogP contribution >= 0.6 is 0 Å². The molecule has 1 aliphatic rings. The summed E-state index contributed by atoms with van der Waals surface area (Å²) in [5.41, 5.74) is 3.29. The Kier molecular flexibility index (Phi) is 2.77. The summed E-state index contributed by atoms with van der Waals surface area (Å²) < 4.78 is 12.7. The lowest BCUT2D eigenvalue weighted by atomic mass is 10.1. The lowest BCUT2D eigenvalue weighted by Crippen LogP contribution is -2.12. The molecule has 1 amide bonds. The standard InChI is InChI=1S/C16H10FNO/c17-14-6-3-11(4-7-14)1-2-12-5-8-15-13(9-12)10-18-16(15)19/h3-9H,10H2,(H,18,19). The first-order chi connectivity index (χ1) is 9.22. The number of hydrogen-bond acceptors (Lipinski definition) is 1. The Morgan fingerprint density at radius 1 is 1.00 bits per heavy atom. The van der Waals surface area contributed by atoms with Crippen LogP contribution in [0, 0.1) is 17.7 Å². The monoisotopic (exact) mass is 251 g/mol. The van der Waals surface area contributed by atoms with E-state index >= 15 is 0 Å². The van der Waals surface area contributed by atoms with Crippen molar-refractivity contribution in [2.24, 2.45) is 0 Å². The Morgan fingerprint density at radius 3 is 2.47 bits per heavy atom. The van der Waals surface area contributed by atoms with Crippen LogP contribution in [-0.2, 0) is 6.54 Å². The molecule has 0 saturated carbocycles. The molecule has 0 unspecified atom stereocenters. The van der Waals surface area contributed by atoms with Gasteiger partial charge in [0.2, 0.25) is 0 Å². The van der Waals surface area contributed by atoms with Gasteiger partial charge >= 0.3 is 0 Å². The molecule has 0 atom stereocenters. The van der Waals surface area contributed by atoms with E-state index in [2.05, 4.69) is 17.2 Å². The summed E-state index contributed by atoms with van der Waals surface area (Å²) in [6.45, 7) is 0.556. The average Bonchev–Trinajstić information content (AvgIpc) is 2.79. The van der Waals surface area contributed by atoms with Crippen molar-refractivity contribution in [2.75, 3.05) is 0 Å². The summed E-state index contributed by atoms with van der Waals surface area (Å²) >= 11 is 0. The number of carbonyl (C=O) groups is 1. The van der Waals surface area contributed by atoms with Gasteiger partial charge in [-0.05, 0) is 48.0 Å². The summed E-state index contributed by atoms with van der Waals surface area (Å²) in [7, 11) is 0. The highest BCUT2D eigenvalue weighted by Crippen LogP contribution is 2.16. The van der Waals surface area contributed by atoms with E-state index in [9.17, 15) is 9.18 Å². The minimum Gasteiger partial charge on any atom is -0.348 e. The fourth-order valence-corrected chi connectivity index (χ4v) is 1.99. The first-order valence-electron chi connectivity index (χ1n) is 5.91. The van der Waals surface area contributed by atoms with Crippen molar-refractivity contribution < 1.29 is 9.18 Å². The number of amides is 1. The molecule has 1 heterocycles. The van der Waals surface area contributed by atoms with Gasteiger partial charge in [-0.2, -0.15) is 0 Å². The van der Waals surface area contributed by atoms with E-state index in [1.165, 1.54) is 12.1 Å². The third kappa shape index (κ3) is 2.34. The smallest absolute Gasteiger partial charge is 0.251 e. The fourth-order valence-electron chi connectivity index (χ4n) is 1.99. The Labute approximate surface area is 110 Å². The molecule has 3 rings (SSSR count). The zero-order valence-corrected chi connectivity index (χ0v) is 10.0. The number of benzene rings is 2. The molecular formula is C16H10FNO. The van der Waals surface area contributed by atoms with Crippen molar-refractivity contribution in [1.29, 1.82) is 0 Å². The molecule has 2 aromatic carbocycles. The number of hydrogen-bond donors (Lipinski definition) is 1. The topological polar surface area (TPSA) is 29.1 Å². The molecule has 3 heteroatoms. The number of rotatable bonds is 0. The van der Waals surface area contributed by atoms with Gasteiger partial charge in [0.25, 0.3) is 5.91 Å². The second-order valence-corrected chi connectivity index (χ2v) is 4.31. The van der Waals surface area contributed by atoms with Crippen molar-refractivity contribution in [1.82, 2.24) is 5.32 Å². The molecule has 92 valence electrons. The highest BCUT2D eigenvalue weighted by molar-refractivity contribution is 5.98. The largest absolute Gasteiger partial charge is 0.348 e. The number of fused-ring (bicyclic) bond motifs is 1. The molecule has 1 N–H and O–H groups in total. The van der Waals surface area contributed by atoms with Gasteiger partial charge in [0, 0.05) is 23.2 Å². The van der Waals surface area contributed by atoms with E-state index in [1.807, 2.05) is 12.1 Å². The van der Waals surface area contributed by atoms with E-state index in [0.717, 1.165) is 16.7 Å². The Bertz CT molecular complexity index is 708. The third-order valence-electron chi connectivity index (χ3n) is 2.98. The van der Waals surface area contributed by atoms with E-state index in [0.29, 0.717) is 12.1 Å². The Morgan fingerprint density at radius 2 is 1.68 bits per heavy atom. The lowest BCUT2D eigenvalue weighted by molar-refractivity contribution is 0.0966. The van der Waals surface area contributed by atoms with Crippen molar-refractivity contribution in [2.45, 2.75) is 6.54 Å². The van der Waals surface area contributed by atoms with Crippen LogP contribution in [0.2, 0.25) is 0 Å². The van der Waals surface area contributed by atoms with Gasteiger partial charge in [-0.1, -0.05) is 11.8 Å². The molecule has 1 aliphatic heterocycles. The number of nitrogens with one attached hydrogen (secondary N) is 1. The highest BCUT2D eigenvalue weighted by Gasteiger charge is 2.17. The maximum atomic E-state index is 12.7. The molecular weight excluding hydrogens is 241 g/mol. The first kappa shape index (κ1) is 11.5. The zero-order chi connectivity index (χ0) is 13.2. The second kappa shape index (κ2) is 4.58. The maximum Gasteiger partial charge on any atom is 0.251 e. The van der Waals surface area contributed by atoms with E-state index in [4.69, 9.17) is 0 Å². The van der Waals surface area contributed by atoms with Crippen LogP contribution in [0.25, 0.3) is 0 Å². The Balaban J connectivity index is 1.89. The highest BCUT2D eigenvalue weighted by atomic mass is 19.1. The van der Waals surface area contributed by atoms with Crippen LogP contribution in [-0.4, -0.2) is 5.91 Å². The molecule has 0 aromatic heterocycles. The van der Waals surface area contributed by atoms with Crippen LogP contribution in [0.5, 0.6) is 0 Å². The van der Waals surface area contributed by atoms with Gasteiger partial charge in [-0.3, -0.25) is 4.79 Å². The van der Waals surface area contributed by atoms with Gasteiger partial charge in [0.05, 0.1) is 0 Å². The molecule has 0 saturated heterocycles. The van der Waals surface area contributed by atoms with Crippen molar-refractivity contribution >= 4 is 5.91 Å². The normalized spacial score (nSPS) is 12.4. The SMILES string of the molecule is O=C1NCc2cc(C#Cc3ccc(F)cc3)ccc21. The van der Waals surface area contributed by atoms with Crippen LogP contribution < -0.4 is 5.32 Å². The molecule has 0 aliphatic carbocycles. The van der Waals surface area contributed by atoms with Crippen molar-refractivity contribution in [3.8, 4) is 11.8 Å². The summed E-state index contributed by atoms with van der Waals surface area (Å²) in [6.07, 6.45) is 0. The van der Waals surface area contributed by atoms with Gasteiger partial charge in [-0.15, -0.1) is 0 Å². The van der Waals surface area contributed by atoms with Gasteiger partial charge in [0.15, 0.2) is 0 Å². The first-order valence-corrected chi connectivity index (χ1v) is 5.91. The molecule has 2 nitrogen and oxygen atoms in total. The van der Waals surface area contributed by atoms with Gasteiger partial charge in [-0.25, -0.2) is 4.39 Å². The third-order valence-corrected chi connectivity index (χ3v) is 2.98.